The van der Waals surface area contributed by atoms with Crippen molar-refractivity contribution in [2.24, 2.45) is 11.8 Å². The van der Waals surface area contributed by atoms with Crippen LogP contribution in [0.1, 0.15) is 43.6 Å². The minimum Gasteiger partial charge on any atom is -0.338 e. The van der Waals surface area contributed by atoms with Gasteiger partial charge in [-0.3, -0.25) is 4.79 Å². The first-order valence-corrected chi connectivity index (χ1v) is 7.97. The number of carbonyl (C=O) groups is 1. The quantitative estimate of drug-likeness (QED) is 0.797. The van der Waals surface area contributed by atoms with Crippen LogP contribution in [-0.4, -0.2) is 37.5 Å². The minimum absolute atomic E-state index is 0.170. The molecule has 118 valence electrons. The Morgan fingerprint density at radius 1 is 1.10 bits per heavy atom. The largest absolute Gasteiger partial charge is 0.338 e. The zero-order valence-corrected chi connectivity index (χ0v) is 14.1. The average Bonchev–Trinajstić information content (AvgIpc) is 2.43. The van der Waals surface area contributed by atoms with E-state index < -0.39 is 0 Å². The van der Waals surface area contributed by atoms with Crippen LogP contribution in [0.15, 0.2) is 24.3 Å². The number of nitrogens with one attached hydrogen (secondary N) is 1. The van der Waals surface area contributed by atoms with Gasteiger partial charge in [0.2, 0.25) is 0 Å². The lowest BCUT2D eigenvalue weighted by atomic mass is 10.0. The Morgan fingerprint density at radius 3 is 2.19 bits per heavy atom. The lowest BCUT2D eigenvalue weighted by molar-refractivity contribution is 0.0714. The van der Waals surface area contributed by atoms with E-state index in [2.05, 4.69) is 39.1 Å². The van der Waals surface area contributed by atoms with Crippen LogP contribution >= 0.6 is 0 Å². The maximum atomic E-state index is 12.9. The SMILES string of the molecule is CNCCc1ccccc1C(=O)N(CC(C)C)CC(C)C. The zero-order chi connectivity index (χ0) is 15.8. The Morgan fingerprint density at radius 2 is 1.67 bits per heavy atom. The van der Waals surface area contributed by atoms with E-state index in [1.807, 2.05) is 30.1 Å². The van der Waals surface area contributed by atoms with Gasteiger partial charge in [-0.2, -0.15) is 0 Å². The Hall–Kier alpha value is -1.35. The molecule has 0 bridgehead atoms. The van der Waals surface area contributed by atoms with Gasteiger partial charge >= 0.3 is 0 Å². The van der Waals surface area contributed by atoms with Gasteiger partial charge in [0, 0.05) is 18.7 Å². The fourth-order valence-corrected chi connectivity index (χ4v) is 2.50. The van der Waals surface area contributed by atoms with Crippen molar-refractivity contribution in [2.75, 3.05) is 26.7 Å². The molecule has 1 aromatic rings. The molecule has 0 heterocycles. The van der Waals surface area contributed by atoms with E-state index in [1.54, 1.807) is 0 Å². The first-order chi connectivity index (χ1) is 9.95. The Kier molecular flexibility index (Phi) is 7.44. The highest BCUT2D eigenvalue weighted by Crippen LogP contribution is 2.15. The zero-order valence-electron chi connectivity index (χ0n) is 14.1. The summed E-state index contributed by atoms with van der Waals surface area (Å²) in [4.78, 5) is 14.9. The first-order valence-electron chi connectivity index (χ1n) is 7.97. The van der Waals surface area contributed by atoms with Crippen LogP contribution in [0, 0.1) is 11.8 Å². The minimum atomic E-state index is 0.170. The number of benzene rings is 1. The third-order valence-corrected chi connectivity index (χ3v) is 3.35. The Bertz CT molecular complexity index is 431. The summed E-state index contributed by atoms with van der Waals surface area (Å²) in [6.07, 6.45) is 0.885. The summed E-state index contributed by atoms with van der Waals surface area (Å²) in [5.41, 5.74) is 1.99. The van der Waals surface area contributed by atoms with Crippen molar-refractivity contribution in [1.82, 2.24) is 10.2 Å². The van der Waals surface area contributed by atoms with Crippen LogP contribution in [-0.2, 0) is 6.42 Å². The average molecular weight is 290 g/mol. The summed E-state index contributed by atoms with van der Waals surface area (Å²) in [7, 11) is 1.94. The van der Waals surface area contributed by atoms with Crippen molar-refractivity contribution in [3.05, 3.63) is 35.4 Å². The molecular formula is C18H30N2O. The maximum absolute atomic E-state index is 12.9. The molecule has 0 unspecified atom stereocenters. The van der Waals surface area contributed by atoms with E-state index in [9.17, 15) is 4.79 Å². The van der Waals surface area contributed by atoms with Gasteiger partial charge in [0.05, 0.1) is 0 Å². The molecule has 0 aliphatic carbocycles. The van der Waals surface area contributed by atoms with Crippen LogP contribution in [0.25, 0.3) is 0 Å². The molecule has 1 aromatic carbocycles. The topological polar surface area (TPSA) is 32.3 Å². The number of hydrogen-bond donors (Lipinski definition) is 1. The molecule has 3 nitrogen and oxygen atoms in total. The molecule has 21 heavy (non-hydrogen) atoms. The third-order valence-electron chi connectivity index (χ3n) is 3.35. The maximum Gasteiger partial charge on any atom is 0.254 e. The molecule has 0 saturated carbocycles. The number of hydrogen-bond acceptors (Lipinski definition) is 2. The molecule has 1 rings (SSSR count). The normalized spacial score (nSPS) is 11.2. The van der Waals surface area contributed by atoms with Crippen LogP contribution in [0.5, 0.6) is 0 Å². The fourth-order valence-electron chi connectivity index (χ4n) is 2.50. The summed E-state index contributed by atoms with van der Waals surface area (Å²) >= 11 is 0. The smallest absolute Gasteiger partial charge is 0.254 e. The van der Waals surface area contributed by atoms with E-state index in [0.717, 1.165) is 37.2 Å². The summed E-state index contributed by atoms with van der Waals surface area (Å²) in [6.45, 7) is 11.2. The second kappa shape index (κ2) is 8.83. The Balaban J connectivity index is 2.96. The summed E-state index contributed by atoms with van der Waals surface area (Å²) in [5, 5.41) is 3.15. The van der Waals surface area contributed by atoms with Gasteiger partial charge in [0.1, 0.15) is 0 Å². The molecule has 0 saturated heterocycles. The standard InChI is InChI=1S/C18H30N2O/c1-14(2)12-20(13-15(3)4)18(21)17-9-7-6-8-16(17)10-11-19-5/h6-9,14-15,19H,10-13H2,1-5H3. The van der Waals surface area contributed by atoms with Crippen molar-refractivity contribution in [3.8, 4) is 0 Å². The summed E-state index contributed by atoms with van der Waals surface area (Å²) in [6, 6.07) is 7.99. The van der Waals surface area contributed by atoms with Gasteiger partial charge in [0.15, 0.2) is 0 Å². The van der Waals surface area contributed by atoms with E-state index >= 15 is 0 Å². The molecule has 0 fully saturated rings. The molecule has 0 aromatic heterocycles. The molecule has 0 atom stereocenters. The number of rotatable bonds is 8. The van der Waals surface area contributed by atoms with Crippen LogP contribution in [0.3, 0.4) is 0 Å². The van der Waals surface area contributed by atoms with E-state index in [1.165, 1.54) is 0 Å². The highest BCUT2D eigenvalue weighted by atomic mass is 16.2. The van der Waals surface area contributed by atoms with E-state index in [0.29, 0.717) is 11.8 Å². The van der Waals surface area contributed by atoms with Crippen LogP contribution < -0.4 is 5.32 Å². The Labute approximate surface area is 129 Å². The van der Waals surface area contributed by atoms with Crippen LogP contribution in [0.4, 0.5) is 0 Å². The summed E-state index contributed by atoms with van der Waals surface area (Å²) in [5.74, 6) is 1.14. The van der Waals surface area contributed by atoms with Crippen molar-refractivity contribution in [3.63, 3.8) is 0 Å². The molecule has 0 spiro atoms. The van der Waals surface area contributed by atoms with Crippen LogP contribution in [0.2, 0.25) is 0 Å². The number of likely N-dealkylation sites (N-methyl/N-ethyl adjacent to an activating group) is 1. The van der Waals surface area contributed by atoms with Crippen molar-refractivity contribution >= 4 is 5.91 Å². The highest BCUT2D eigenvalue weighted by molar-refractivity contribution is 5.95. The monoisotopic (exact) mass is 290 g/mol. The first kappa shape index (κ1) is 17.7. The fraction of sp³-hybridized carbons (Fsp3) is 0.611. The molecule has 0 aliphatic rings. The predicted molar refractivity (Wildman–Crippen MR) is 89.7 cm³/mol. The number of carbonyl (C=O) groups excluding carboxylic acids is 1. The third kappa shape index (κ3) is 5.88. The molecule has 0 aliphatic heterocycles. The van der Waals surface area contributed by atoms with Gasteiger partial charge in [-0.05, 0) is 43.5 Å². The van der Waals surface area contributed by atoms with Gasteiger partial charge in [0.25, 0.3) is 5.91 Å². The van der Waals surface area contributed by atoms with Gasteiger partial charge in [-0.15, -0.1) is 0 Å². The van der Waals surface area contributed by atoms with Gasteiger partial charge < -0.3 is 10.2 Å². The lowest BCUT2D eigenvalue weighted by Crippen LogP contribution is -2.37. The number of amides is 1. The molecule has 3 heteroatoms. The second-order valence-electron chi connectivity index (χ2n) is 6.51. The van der Waals surface area contributed by atoms with Gasteiger partial charge in [-0.1, -0.05) is 45.9 Å². The molecular weight excluding hydrogens is 260 g/mol. The molecule has 1 N–H and O–H groups in total. The molecule has 1 amide bonds. The van der Waals surface area contributed by atoms with Crippen molar-refractivity contribution in [1.29, 1.82) is 0 Å². The lowest BCUT2D eigenvalue weighted by Gasteiger charge is -2.27. The van der Waals surface area contributed by atoms with E-state index in [-0.39, 0.29) is 5.91 Å². The second-order valence-corrected chi connectivity index (χ2v) is 6.51. The van der Waals surface area contributed by atoms with Crippen molar-refractivity contribution < 1.29 is 4.79 Å². The van der Waals surface area contributed by atoms with E-state index in [4.69, 9.17) is 0 Å². The molecule has 0 radical (unpaired) electrons. The highest BCUT2D eigenvalue weighted by Gasteiger charge is 2.20. The summed E-state index contributed by atoms with van der Waals surface area (Å²) < 4.78 is 0. The number of nitrogens with zero attached hydrogens (tertiary/aromatic N) is 1. The van der Waals surface area contributed by atoms with Crippen molar-refractivity contribution in [2.45, 2.75) is 34.1 Å². The van der Waals surface area contributed by atoms with Gasteiger partial charge in [-0.25, -0.2) is 0 Å². The predicted octanol–water partition coefficient (Wildman–Crippen LogP) is 3.20.